The van der Waals surface area contributed by atoms with Crippen molar-refractivity contribution in [1.82, 2.24) is 0 Å². The Hall–Kier alpha value is -0.970. The van der Waals surface area contributed by atoms with Crippen LogP contribution in [-0.4, -0.2) is 11.6 Å². The zero-order valence-corrected chi connectivity index (χ0v) is 9.12. The number of non-ortho nitro benzene ring substituents is 1. The molecule has 1 rings (SSSR count). The smallest absolute Gasteiger partial charge is 0.258 e. The van der Waals surface area contributed by atoms with Gasteiger partial charge in [-0.3, -0.25) is 14.5 Å². The minimum Gasteiger partial charge on any atom is -0.258 e. The Bertz CT molecular complexity index is 357. The van der Waals surface area contributed by atoms with E-state index in [9.17, 15) is 14.5 Å². The first-order valence-electron chi connectivity index (χ1n) is 4.06. The quantitative estimate of drug-likeness (QED) is 0.618. The normalized spacial score (nSPS) is 12.5. The van der Waals surface area contributed by atoms with Gasteiger partial charge in [0.25, 0.3) is 5.69 Å². The van der Waals surface area contributed by atoms with Crippen molar-refractivity contribution in [3.8, 4) is 0 Å². The Kier molecular flexibility index (Phi) is 3.57. The number of benzene rings is 1. The van der Waals surface area contributed by atoms with Gasteiger partial charge in [-0.2, -0.15) is 0 Å². The fraction of sp³-hybridized carbons (Fsp3) is 0.333. The third-order valence-corrected chi connectivity index (χ3v) is 2.64. The van der Waals surface area contributed by atoms with Crippen LogP contribution in [0, 0.1) is 10.1 Å². The molecule has 0 radical (unpaired) electrons. The molecule has 0 saturated heterocycles. The summed E-state index contributed by atoms with van der Waals surface area (Å²) in [6, 6.07) is 4.35. The topological polar surface area (TPSA) is 43.1 Å². The third kappa shape index (κ3) is 2.29. The maximum atomic E-state index is 12.4. The van der Waals surface area contributed by atoms with Crippen molar-refractivity contribution in [3.63, 3.8) is 0 Å². The second kappa shape index (κ2) is 4.50. The van der Waals surface area contributed by atoms with Gasteiger partial charge in [0.15, 0.2) is 0 Å². The Labute approximate surface area is 89.2 Å². The van der Waals surface area contributed by atoms with E-state index in [1.165, 1.54) is 12.1 Å². The maximum absolute atomic E-state index is 12.4. The van der Waals surface area contributed by atoms with E-state index < -0.39 is 11.6 Å². The zero-order chi connectivity index (χ0) is 10.7. The fourth-order valence-corrected chi connectivity index (χ4v) is 1.87. The Morgan fingerprint density at radius 2 is 2.29 bits per heavy atom. The number of hydrogen-bond acceptors (Lipinski definition) is 2. The molecule has 5 heteroatoms. The van der Waals surface area contributed by atoms with Crippen LogP contribution >= 0.6 is 15.9 Å². The molecule has 1 atom stereocenters. The van der Waals surface area contributed by atoms with Gasteiger partial charge in [-0.15, -0.1) is 0 Å². The zero-order valence-electron chi connectivity index (χ0n) is 7.54. The van der Waals surface area contributed by atoms with Crippen molar-refractivity contribution >= 4 is 21.6 Å². The lowest BCUT2D eigenvalue weighted by molar-refractivity contribution is -0.384. The van der Waals surface area contributed by atoms with Gasteiger partial charge >= 0.3 is 0 Å². The fourth-order valence-electron chi connectivity index (χ4n) is 1.11. The minimum absolute atomic E-state index is 0.00619. The molecule has 14 heavy (non-hydrogen) atoms. The standard InChI is InChI=1S/C9H9BrFNO2/c1-6(5-11)8-3-2-7(12(13)14)4-9(8)10/h2-4,6H,5H2,1H3. The number of alkyl halides is 1. The Balaban J connectivity index is 3.07. The SMILES string of the molecule is CC(CF)c1ccc([N+](=O)[O-])cc1Br. The molecule has 3 nitrogen and oxygen atoms in total. The molecule has 0 saturated carbocycles. The van der Waals surface area contributed by atoms with Gasteiger partial charge in [-0.25, -0.2) is 0 Å². The van der Waals surface area contributed by atoms with Crippen LogP contribution in [0.25, 0.3) is 0 Å². The number of halogens is 2. The van der Waals surface area contributed by atoms with Crippen LogP contribution in [0.1, 0.15) is 18.4 Å². The van der Waals surface area contributed by atoms with E-state index in [1.807, 2.05) is 0 Å². The first-order valence-corrected chi connectivity index (χ1v) is 4.85. The van der Waals surface area contributed by atoms with E-state index in [1.54, 1.807) is 13.0 Å². The highest BCUT2D eigenvalue weighted by Gasteiger charge is 2.13. The van der Waals surface area contributed by atoms with Crippen molar-refractivity contribution in [2.45, 2.75) is 12.8 Å². The van der Waals surface area contributed by atoms with Gasteiger partial charge in [0.2, 0.25) is 0 Å². The summed E-state index contributed by atoms with van der Waals surface area (Å²) >= 11 is 3.19. The van der Waals surface area contributed by atoms with Crippen LogP contribution in [0.2, 0.25) is 0 Å². The Morgan fingerprint density at radius 3 is 2.71 bits per heavy atom. The van der Waals surface area contributed by atoms with E-state index in [4.69, 9.17) is 0 Å². The lowest BCUT2D eigenvalue weighted by atomic mass is 10.0. The van der Waals surface area contributed by atoms with Gasteiger partial charge in [0.05, 0.1) is 11.6 Å². The van der Waals surface area contributed by atoms with Crippen LogP contribution in [0.5, 0.6) is 0 Å². The molecule has 0 aliphatic heterocycles. The third-order valence-electron chi connectivity index (χ3n) is 1.96. The van der Waals surface area contributed by atoms with Crippen molar-refractivity contribution in [2.24, 2.45) is 0 Å². The first-order chi connectivity index (χ1) is 6.56. The predicted molar refractivity (Wildman–Crippen MR) is 55.2 cm³/mol. The minimum atomic E-state index is -0.478. The molecule has 0 amide bonds. The molecule has 1 aromatic carbocycles. The summed E-state index contributed by atoms with van der Waals surface area (Å²) in [6.45, 7) is 1.25. The van der Waals surface area contributed by atoms with Crippen molar-refractivity contribution in [1.29, 1.82) is 0 Å². The molecular weight excluding hydrogens is 253 g/mol. The summed E-state index contributed by atoms with van der Waals surface area (Å²) in [6.07, 6.45) is 0. The van der Waals surface area contributed by atoms with Gasteiger partial charge in [0.1, 0.15) is 0 Å². The summed E-state index contributed by atoms with van der Waals surface area (Å²) in [5.74, 6) is -0.245. The van der Waals surface area contributed by atoms with E-state index in [-0.39, 0.29) is 11.6 Å². The summed E-state index contributed by atoms with van der Waals surface area (Å²) in [7, 11) is 0. The van der Waals surface area contributed by atoms with Crippen LogP contribution in [0.15, 0.2) is 22.7 Å². The van der Waals surface area contributed by atoms with Crippen molar-refractivity contribution in [2.75, 3.05) is 6.67 Å². The van der Waals surface area contributed by atoms with Crippen LogP contribution in [0.3, 0.4) is 0 Å². The average Bonchev–Trinajstić information content (AvgIpc) is 2.16. The summed E-state index contributed by atoms with van der Waals surface area (Å²) in [5, 5.41) is 10.4. The van der Waals surface area contributed by atoms with Gasteiger partial charge < -0.3 is 0 Å². The lowest BCUT2D eigenvalue weighted by Crippen LogP contribution is -1.97. The Morgan fingerprint density at radius 1 is 1.64 bits per heavy atom. The number of nitro groups is 1. The van der Waals surface area contributed by atoms with Crippen molar-refractivity contribution < 1.29 is 9.31 Å². The summed E-state index contributed by atoms with van der Waals surface area (Å²) in [5.41, 5.74) is 0.754. The van der Waals surface area contributed by atoms with Crippen LogP contribution < -0.4 is 0 Å². The number of hydrogen-bond donors (Lipinski definition) is 0. The molecule has 1 unspecified atom stereocenters. The molecule has 0 aliphatic rings. The number of rotatable bonds is 3. The van der Waals surface area contributed by atoms with E-state index in [2.05, 4.69) is 15.9 Å². The largest absolute Gasteiger partial charge is 0.270 e. The lowest BCUT2D eigenvalue weighted by Gasteiger charge is -2.08. The molecule has 0 N–H and O–H groups in total. The molecule has 0 aromatic heterocycles. The molecular formula is C9H9BrFNO2. The monoisotopic (exact) mass is 261 g/mol. The van der Waals surface area contributed by atoms with E-state index >= 15 is 0 Å². The molecule has 0 spiro atoms. The molecule has 0 fully saturated rings. The number of nitrogens with zero attached hydrogens (tertiary/aromatic N) is 1. The first kappa shape index (κ1) is 11.1. The van der Waals surface area contributed by atoms with Crippen molar-refractivity contribution in [3.05, 3.63) is 38.3 Å². The van der Waals surface area contributed by atoms with E-state index in [0.717, 1.165) is 5.56 Å². The van der Waals surface area contributed by atoms with Crippen LogP contribution in [0.4, 0.5) is 10.1 Å². The number of nitro benzene ring substituents is 1. The summed E-state index contributed by atoms with van der Waals surface area (Å²) in [4.78, 5) is 9.94. The van der Waals surface area contributed by atoms with Gasteiger partial charge in [-0.05, 0) is 5.56 Å². The second-order valence-corrected chi connectivity index (χ2v) is 3.87. The molecule has 76 valence electrons. The maximum Gasteiger partial charge on any atom is 0.270 e. The summed E-state index contributed by atoms with van der Waals surface area (Å²) < 4.78 is 12.9. The van der Waals surface area contributed by atoms with Gasteiger partial charge in [-0.1, -0.05) is 28.9 Å². The highest BCUT2D eigenvalue weighted by molar-refractivity contribution is 9.10. The van der Waals surface area contributed by atoms with Gasteiger partial charge in [0, 0.05) is 22.5 Å². The molecule has 0 heterocycles. The predicted octanol–water partition coefficient (Wildman–Crippen LogP) is 3.43. The molecule has 0 aliphatic carbocycles. The molecule has 0 bridgehead atoms. The van der Waals surface area contributed by atoms with E-state index in [0.29, 0.717) is 4.47 Å². The average molecular weight is 262 g/mol. The highest BCUT2D eigenvalue weighted by atomic mass is 79.9. The highest BCUT2D eigenvalue weighted by Crippen LogP contribution is 2.28. The second-order valence-electron chi connectivity index (χ2n) is 3.02. The van der Waals surface area contributed by atoms with Crippen LogP contribution in [-0.2, 0) is 0 Å². The molecule has 1 aromatic rings.